The summed E-state index contributed by atoms with van der Waals surface area (Å²) in [6, 6.07) is 0.222. The second-order valence-electron chi connectivity index (χ2n) is 9.87. The predicted octanol–water partition coefficient (Wildman–Crippen LogP) is 4.93. The number of aromatic nitrogens is 3. The molecule has 0 atom stereocenters. The van der Waals surface area contributed by atoms with Crippen LogP contribution in [0.3, 0.4) is 0 Å². The molecule has 0 aromatic carbocycles. The van der Waals surface area contributed by atoms with Crippen molar-refractivity contribution in [2.45, 2.75) is 70.9 Å². The van der Waals surface area contributed by atoms with Crippen molar-refractivity contribution in [2.24, 2.45) is 5.92 Å². The maximum absolute atomic E-state index is 13.1. The summed E-state index contributed by atoms with van der Waals surface area (Å²) in [5, 5.41) is 5.45. The van der Waals surface area contributed by atoms with Crippen molar-refractivity contribution < 1.29 is 18.3 Å². The van der Waals surface area contributed by atoms with Crippen molar-refractivity contribution in [1.82, 2.24) is 24.6 Å². The first-order chi connectivity index (χ1) is 16.7. The molecule has 11 heteroatoms. The van der Waals surface area contributed by atoms with E-state index in [4.69, 9.17) is 4.74 Å². The molecule has 0 saturated heterocycles. The van der Waals surface area contributed by atoms with Gasteiger partial charge in [-0.05, 0) is 57.9 Å². The molecule has 5 rings (SSSR count). The number of imidazole rings is 1. The third-order valence-corrected chi connectivity index (χ3v) is 8.74. The number of hydrogen-bond acceptors (Lipinski definition) is 7. The summed E-state index contributed by atoms with van der Waals surface area (Å²) < 4.78 is 33.2. The molecule has 0 bridgehead atoms. The van der Waals surface area contributed by atoms with Gasteiger partial charge in [-0.3, -0.25) is 14.1 Å². The number of carbonyl (C=O) groups is 1. The Morgan fingerprint density at radius 3 is 2.86 bits per heavy atom. The minimum Gasteiger partial charge on any atom is -0.464 e. The number of rotatable bonds is 8. The molecular weight excluding hydrogens is 492 g/mol. The minimum absolute atomic E-state index is 0.0181. The number of nitrogens with one attached hydrogen (secondary N) is 1. The average Bonchev–Trinajstić information content (AvgIpc) is 3.49. The zero-order valence-corrected chi connectivity index (χ0v) is 21.7. The van der Waals surface area contributed by atoms with E-state index in [-0.39, 0.29) is 11.9 Å². The van der Waals surface area contributed by atoms with Crippen LogP contribution in [0.5, 0.6) is 5.19 Å². The minimum atomic E-state index is -2.85. The van der Waals surface area contributed by atoms with E-state index >= 15 is 0 Å². The standard InChI is InChI=1S/C24H31F2N5O2S2/c1-15-11-31-19(13-34-22(31)27-15)21(32)28-17-5-3-16(4-6-17)7-9-30-10-8-20-18(12-30)29-23(35-20)33-14-24(2,25)26/h11,13,16-17H,3-10,12,14H2,1-2H3,(H,28,32). The summed E-state index contributed by atoms with van der Waals surface area (Å²) in [6.07, 6.45) is 8.18. The molecule has 0 unspecified atom stereocenters. The van der Waals surface area contributed by atoms with Crippen LogP contribution in [0.2, 0.25) is 0 Å². The topological polar surface area (TPSA) is 71.8 Å². The molecule has 1 aliphatic heterocycles. The third-order valence-electron chi connectivity index (χ3n) is 6.83. The summed E-state index contributed by atoms with van der Waals surface area (Å²) in [7, 11) is 0. The number of ether oxygens (including phenoxy) is 1. The first-order valence-corrected chi connectivity index (χ1v) is 13.9. The average molecular weight is 524 g/mol. The highest BCUT2D eigenvalue weighted by Gasteiger charge is 2.27. The molecule has 0 spiro atoms. The number of halogens is 2. The van der Waals surface area contributed by atoms with Gasteiger partial charge in [-0.1, -0.05) is 11.3 Å². The van der Waals surface area contributed by atoms with Crippen molar-refractivity contribution in [3.05, 3.63) is 33.5 Å². The monoisotopic (exact) mass is 523 g/mol. The van der Waals surface area contributed by atoms with Crippen LogP contribution >= 0.6 is 22.7 Å². The van der Waals surface area contributed by atoms with Gasteiger partial charge in [0, 0.05) is 42.5 Å². The molecule has 1 aliphatic carbocycles. The Hall–Kier alpha value is -2.11. The molecule has 4 heterocycles. The molecule has 190 valence electrons. The quantitative estimate of drug-likeness (QED) is 0.453. The van der Waals surface area contributed by atoms with Crippen molar-refractivity contribution in [1.29, 1.82) is 0 Å². The Morgan fingerprint density at radius 2 is 2.09 bits per heavy atom. The summed E-state index contributed by atoms with van der Waals surface area (Å²) in [5.74, 6) is -2.21. The zero-order chi connectivity index (χ0) is 24.6. The number of alkyl halides is 2. The molecule has 35 heavy (non-hydrogen) atoms. The van der Waals surface area contributed by atoms with Crippen LogP contribution in [0, 0.1) is 12.8 Å². The number of aryl methyl sites for hydroxylation is 1. The lowest BCUT2D eigenvalue weighted by Crippen LogP contribution is -2.38. The molecule has 3 aromatic heterocycles. The number of hydrogen-bond donors (Lipinski definition) is 1. The number of nitrogens with zero attached hydrogens (tertiary/aromatic N) is 4. The second-order valence-corrected chi connectivity index (χ2v) is 11.8. The largest absolute Gasteiger partial charge is 0.464 e. The third kappa shape index (κ3) is 6.00. The van der Waals surface area contributed by atoms with Crippen molar-refractivity contribution in [3.8, 4) is 5.19 Å². The maximum Gasteiger partial charge on any atom is 0.278 e. The van der Waals surface area contributed by atoms with Crippen molar-refractivity contribution >= 4 is 33.5 Å². The number of carbonyl (C=O) groups excluding carboxylic acids is 1. The highest BCUT2D eigenvalue weighted by Crippen LogP contribution is 2.32. The van der Waals surface area contributed by atoms with Crippen LogP contribution in [0.15, 0.2) is 11.6 Å². The van der Waals surface area contributed by atoms with Gasteiger partial charge in [0.25, 0.3) is 17.0 Å². The van der Waals surface area contributed by atoms with Crippen LogP contribution in [-0.4, -0.2) is 56.8 Å². The van der Waals surface area contributed by atoms with Crippen LogP contribution in [-0.2, 0) is 13.0 Å². The molecule has 1 fully saturated rings. The normalized spacial score (nSPS) is 21.3. The molecular formula is C24H31F2N5O2S2. The van der Waals surface area contributed by atoms with E-state index in [9.17, 15) is 13.6 Å². The Bertz CT molecular complexity index is 1180. The van der Waals surface area contributed by atoms with E-state index in [1.165, 1.54) is 22.7 Å². The van der Waals surface area contributed by atoms with Gasteiger partial charge in [-0.25, -0.2) is 18.7 Å². The molecule has 1 amide bonds. The molecule has 7 nitrogen and oxygen atoms in total. The predicted molar refractivity (Wildman–Crippen MR) is 133 cm³/mol. The van der Waals surface area contributed by atoms with E-state index in [0.29, 0.717) is 16.8 Å². The van der Waals surface area contributed by atoms with Gasteiger partial charge in [0.2, 0.25) is 0 Å². The highest BCUT2D eigenvalue weighted by molar-refractivity contribution is 7.15. The van der Waals surface area contributed by atoms with E-state index in [0.717, 1.165) is 86.3 Å². The van der Waals surface area contributed by atoms with Crippen LogP contribution in [0.4, 0.5) is 8.78 Å². The molecule has 0 radical (unpaired) electrons. The van der Waals surface area contributed by atoms with Crippen LogP contribution in [0.1, 0.15) is 65.8 Å². The van der Waals surface area contributed by atoms with Gasteiger partial charge in [0.05, 0.1) is 11.4 Å². The van der Waals surface area contributed by atoms with Gasteiger partial charge in [0.15, 0.2) is 11.6 Å². The lowest BCUT2D eigenvalue weighted by molar-refractivity contribution is -0.0230. The van der Waals surface area contributed by atoms with Gasteiger partial charge >= 0.3 is 0 Å². The Balaban J connectivity index is 1.05. The van der Waals surface area contributed by atoms with E-state index in [2.05, 4.69) is 20.2 Å². The molecule has 1 N–H and O–H groups in total. The summed E-state index contributed by atoms with van der Waals surface area (Å²) in [6.45, 7) is 4.89. The number of fused-ring (bicyclic) bond motifs is 2. The SMILES string of the molecule is Cc1cn2c(C(=O)NC3CCC(CCN4CCc5sc(OCC(C)(F)F)nc5C4)CC3)csc2n1. The molecule has 1 saturated carbocycles. The van der Waals surface area contributed by atoms with E-state index in [1.54, 1.807) is 0 Å². The number of thiazole rings is 2. The number of amides is 1. The van der Waals surface area contributed by atoms with Gasteiger partial charge in [-0.15, -0.1) is 11.3 Å². The van der Waals surface area contributed by atoms with Crippen molar-refractivity contribution in [3.63, 3.8) is 0 Å². The summed E-state index contributed by atoms with van der Waals surface area (Å²) in [4.78, 5) is 26.1. The summed E-state index contributed by atoms with van der Waals surface area (Å²) in [5.41, 5.74) is 2.55. The fourth-order valence-electron chi connectivity index (χ4n) is 4.95. The van der Waals surface area contributed by atoms with Gasteiger partial charge < -0.3 is 10.1 Å². The van der Waals surface area contributed by atoms with Crippen LogP contribution in [0.25, 0.3) is 4.96 Å². The Labute approximate surface area is 211 Å². The van der Waals surface area contributed by atoms with Crippen LogP contribution < -0.4 is 10.1 Å². The smallest absolute Gasteiger partial charge is 0.278 e. The molecule has 3 aromatic rings. The zero-order valence-electron chi connectivity index (χ0n) is 20.1. The van der Waals surface area contributed by atoms with Gasteiger partial charge in [-0.2, -0.15) is 0 Å². The second kappa shape index (κ2) is 10.1. The molecule has 2 aliphatic rings. The first kappa shape index (κ1) is 24.6. The maximum atomic E-state index is 13.1. The Morgan fingerprint density at radius 1 is 1.29 bits per heavy atom. The van der Waals surface area contributed by atoms with E-state index in [1.807, 2.05) is 22.9 Å². The highest BCUT2D eigenvalue weighted by atomic mass is 32.1. The first-order valence-electron chi connectivity index (χ1n) is 12.2. The summed E-state index contributed by atoms with van der Waals surface area (Å²) >= 11 is 2.89. The lowest BCUT2D eigenvalue weighted by atomic mass is 9.84. The fraction of sp³-hybridized carbons (Fsp3) is 0.625. The van der Waals surface area contributed by atoms with Gasteiger partial charge in [0.1, 0.15) is 5.69 Å². The fourth-order valence-corrected chi connectivity index (χ4v) is 6.75. The van der Waals surface area contributed by atoms with E-state index < -0.39 is 12.5 Å². The Kier molecular flexibility index (Phi) is 7.09. The lowest BCUT2D eigenvalue weighted by Gasteiger charge is -2.31. The van der Waals surface area contributed by atoms with Crippen molar-refractivity contribution in [2.75, 3.05) is 19.7 Å².